The number of aryl methyl sites for hydroxylation is 1. The Morgan fingerprint density at radius 2 is 2.09 bits per heavy atom. The summed E-state index contributed by atoms with van der Waals surface area (Å²) in [5.41, 5.74) is 0.0962. The summed E-state index contributed by atoms with van der Waals surface area (Å²) in [7, 11) is 1.26. The van der Waals surface area contributed by atoms with Crippen molar-refractivity contribution in [2.24, 2.45) is 0 Å². The number of hydrogen-bond acceptors (Lipinski definition) is 5. The van der Waals surface area contributed by atoms with E-state index in [0.29, 0.717) is 17.4 Å². The van der Waals surface area contributed by atoms with E-state index in [1.165, 1.54) is 19.3 Å². The Balaban J connectivity index is 2.27. The molecule has 7 nitrogen and oxygen atoms in total. The lowest BCUT2D eigenvalue weighted by Crippen LogP contribution is -2.32. The molecular formula is C16H17N3O4. The van der Waals surface area contributed by atoms with Gasteiger partial charge in [0.15, 0.2) is 5.69 Å². The molecular weight excluding hydrogens is 298 g/mol. The van der Waals surface area contributed by atoms with Gasteiger partial charge in [-0.05, 0) is 19.1 Å². The van der Waals surface area contributed by atoms with Crippen molar-refractivity contribution >= 4 is 22.8 Å². The molecule has 1 aromatic heterocycles. The van der Waals surface area contributed by atoms with Crippen molar-refractivity contribution in [1.29, 1.82) is 0 Å². The number of carbonyl (C=O) groups is 2. The first-order valence-corrected chi connectivity index (χ1v) is 7.11. The molecule has 2 aromatic rings. The van der Waals surface area contributed by atoms with Crippen molar-refractivity contribution in [3.8, 4) is 0 Å². The molecule has 0 aliphatic carbocycles. The molecule has 0 atom stereocenters. The summed E-state index contributed by atoms with van der Waals surface area (Å²) in [5.74, 6) is -1.10. The van der Waals surface area contributed by atoms with Crippen LogP contribution in [0.5, 0.6) is 0 Å². The minimum absolute atomic E-state index is 0.0913. The third kappa shape index (κ3) is 3.63. The Kier molecular flexibility index (Phi) is 5.24. The first-order chi connectivity index (χ1) is 11.1. The van der Waals surface area contributed by atoms with Crippen LogP contribution in [0.3, 0.4) is 0 Å². The van der Waals surface area contributed by atoms with E-state index < -0.39 is 17.3 Å². The summed E-state index contributed by atoms with van der Waals surface area (Å²) in [6, 6.07) is 7.00. The Hall–Kier alpha value is -2.96. The van der Waals surface area contributed by atoms with Crippen molar-refractivity contribution in [2.45, 2.75) is 13.5 Å². The number of aromatic nitrogens is 2. The van der Waals surface area contributed by atoms with Gasteiger partial charge in [0.2, 0.25) is 5.43 Å². The molecule has 1 aromatic carbocycles. The number of benzene rings is 1. The second kappa shape index (κ2) is 7.35. The van der Waals surface area contributed by atoms with Crippen molar-refractivity contribution in [1.82, 2.24) is 15.1 Å². The summed E-state index contributed by atoms with van der Waals surface area (Å²) in [6.07, 6.45) is 2.63. The lowest BCUT2D eigenvalue weighted by molar-refractivity contribution is -0.134. The molecule has 1 heterocycles. The smallest absolute Gasteiger partial charge is 0.330 e. The number of amides is 1. The first kappa shape index (κ1) is 16.4. The maximum absolute atomic E-state index is 12.4. The summed E-state index contributed by atoms with van der Waals surface area (Å²) >= 11 is 0. The number of nitrogens with one attached hydrogen (secondary N) is 1. The summed E-state index contributed by atoms with van der Waals surface area (Å²) in [4.78, 5) is 35.5. The van der Waals surface area contributed by atoms with Gasteiger partial charge in [-0.25, -0.2) is 4.79 Å². The van der Waals surface area contributed by atoms with Crippen LogP contribution in [-0.4, -0.2) is 35.3 Å². The molecule has 23 heavy (non-hydrogen) atoms. The van der Waals surface area contributed by atoms with Crippen LogP contribution in [0.2, 0.25) is 0 Å². The standard InChI is InChI=1S/C16H17N3O4/c1-3-19-12-8-5-4-7-11(12)15(21)14(18-19)16(22)17-10-6-9-13(20)23-2/h4-9H,3,10H2,1-2H3,(H,17,22)/b9-6+. The number of ether oxygens (including phenoxy) is 1. The molecule has 0 saturated heterocycles. The second-order valence-electron chi connectivity index (χ2n) is 4.65. The zero-order chi connectivity index (χ0) is 16.8. The number of fused-ring (bicyclic) bond motifs is 1. The SMILES string of the molecule is CCn1nc(C(=O)NC/C=C/C(=O)OC)c(=O)c2ccccc21. The van der Waals surface area contributed by atoms with Gasteiger partial charge in [0, 0.05) is 24.6 Å². The fraction of sp³-hybridized carbons (Fsp3) is 0.250. The topological polar surface area (TPSA) is 90.3 Å². The molecule has 0 fully saturated rings. The zero-order valence-electron chi connectivity index (χ0n) is 12.9. The van der Waals surface area contributed by atoms with Gasteiger partial charge in [-0.15, -0.1) is 0 Å². The average Bonchev–Trinajstić information content (AvgIpc) is 2.58. The van der Waals surface area contributed by atoms with E-state index in [-0.39, 0.29) is 12.2 Å². The van der Waals surface area contributed by atoms with Gasteiger partial charge >= 0.3 is 5.97 Å². The average molecular weight is 315 g/mol. The Morgan fingerprint density at radius 3 is 2.78 bits per heavy atom. The Bertz CT molecular complexity index is 824. The fourth-order valence-corrected chi connectivity index (χ4v) is 2.09. The van der Waals surface area contributed by atoms with Gasteiger partial charge in [-0.3, -0.25) is 14.3 Å². The number of carbonyl (C=O) groups excluding carboxylic acids is 2. The summed E-state index contributed by atoms with van der Waals surface area (Å²) in [5, 5.41) is 7.10. The van der Waals surface area contributed by atoms with Gasteiger partial charge in [-0.1, -0.05) is 18.2 Å². The number of esters is 1. The molecule has 0 aliphatic heterocycles. The molecule has 0 spiro atoms. The van der Waals surface area contributed by atoms with E-state index in [0.717, 1.165) is 0 Å². The molecule has 120 valence electrons. The van der Waals surface area contributed by atoms with Gasteiger partial charge in [0.25, 0.3) is 5.91 Å². The van der Waals surface area contributed by atoms with E-state index >= 15 is 0 Å². The number of hydrogen-bond donors (Lipinski definition) is 1. The molecule has 0 unspecified atom stereocenters. The molecule has 0 bridgehead atoms. The summed E-state index contributed by atoms with van der Waals surface area (Å²) in [6.45, 7) is 2.50. The predicted molar refractivity (Wildman–Crippen MR) is 85.2 cm³/mol. The van der Waals surface area contributed by atoms with Crippen LogP contribution < -0.4 is 10.7 Å². The van der Waals surface area contributed by atoms with Gasteiger partial charge in [0.1, 0.15) is 0 Å². The normalized spacial score (nSPS) is 10.9. The second-order valence-corrected chi connectivity index (χ2v) is 4.65. The van der Waals surface area contributed by atoms with Crippen LogP contribution in [0.15, 0.2) is 41.2 Å². The zero-order valence-corrected chi connectivity index (χ0v) is 12.9. The van der Waals surface area contributed by atoms with E-state index in [4.69, 9.17) is 0 Å². The maximum Gasteiger partial charge on any atom is 0.330 e. The third-order valence-electron chi connectivity index (χ3n) is 3.21. The van der Waals surface area contributed by atoms with E-state index in [9.17, 15) is 14.4 Å². The number of rotatable bonds is 5. The number of methoxy groups -OCH3 is 1. The summed E-state index contributed by atoms with van der Waals surface area (Å²) < 4.78 is 6.04. The van der Waals surface area contributed by atoms with Crippen LogP contribution in [0, 0.1) is 0 Å². The van der Waals surface area contributed by atoms with E-state index in [2.05, 4.69) is 15.2 Å². The van der Waals surface area contributed by atoms with Crippen LogP contribution in [0.1, 0.15) is 17.4 Å². The molecule has 0 saturated carbocycles. The molecule has 1 N–H and O–H groups in total. The van der Waals surface area contributed by atoms with Crippen LogP contribution in [0.4, 0.5) is 0 Å². The van der Waals surface area contributed by atoms with Crippen molar-refractivity contribution in [3.63, 3.8) is 0 Å². The molecule has 7 heteroatoms. The molecule has 2 rings (SSSR count). The Labute approximate surface area is 132 Å². The van der Waals surface area contributed by atoms with Crippen LogP contribution in [0.25, 0.3) is 10.9 Å². The molecule has 0 radical (unpaired) electrons. The largest absolute Gasteiger partial charge is 0.466 e. The van der Waals surface area contributed by atoms with Crippen molar-refractivity contribution in [3.05, 3.63) is 52.3 Å². The van der Waals surface area contributed by atoms with Gasteiger partial charge in [-0.2, -0.15) is 5.10 Å². The van der Waals surface area contributed by atoms with Crippen molar-refractivity contribution < 1.29 is 14.3 Å². The fourth-order valence-electron chi connectivity index (χ4n) is 2.09. The highest BCUT2D eigenvalue weighted by molar-refractivity contribution is 5.95. The minimum Gasteiger partial charge on any atom is -0.466 e. The minimum atomic E-state index is -0.586. The van der Waals surface area contributed by atoms with Crippen LogP contribution >= 0.6 is 0 Å². The quantitative estimate of drug-likeness (QED) is 0.653. The monoisotopic (exact) mass is 315 g/mol. The molecule has 0 aliphatic rings. The molecule has 1 amide bonds. The van der Waals surface area contributed by atoms with E-state index in [1.807, 2.05) is 13.0 Å². The third-order valence-corrected chi connectivity index (χ3v) is 3.21. The highest BCUT2D eigenvalue weighted by Crippen LogP contribution is 2.09. The number of para-hydroxylation sites is 1. The van der Waals surface area contributed by atoms with Gasteiger partial charge < -0.3 is 10.1 Å². The van der Waals surface area contributed by atoms with Crippen LogP contribution in [-0.2, 0) is 16.1 Å². The van der Waals surface area contributed by atoms with E-state index in [1.54, 1.807) is 22.9 Å². The Morgan fingerprint density at radius 1 is 1.35 bits per heavy atom. The lowest BCUT2D eigenvalue weighted by atomic mass is 10.2. The first-order valence-electron chi connectivity index (χ1n) is 7.11. The highest BCUT2D eigenvalue weighted by Gasteiger charge is 2.16. The van der Waals surface area contributed by atoms with Gasteiger partial charge in [0.05, 0.1) is 12.6 Å². The number of nitrogens with zero attached hydrogens (tertiary/aromatic N) is 2. The highest BCUT2D eigenvalue weighted by atomic mass is 16.5. The lowest BCUT2D eigenvalue weighted by Gasteiger charge is -2.09. The van der Waals surface area contributed by atoms with Crippen molar-refractivity contribution in [2.75, 3.05) is 13.7 Å². The predicted octanol–water partition coefficient (Wildman–Crippen LogP) is 0.875. The maximum atomic E-state index is 12.4.